The van der Waals surface area contributed by atoms with Gasteiger partial charge in [0.25, 0.3) is 0 Å². The Kier molecular flexibility index (Phi) is 9.23. The summed E-state index contributed by atoms with van der Waals surface area (Å²) in [7, 11) is -1.31. The lowest BCUT2D eigenvalue weighted by Gasteiger charge is -2.35. The molecular formula is C25H41N3O5S. The zero-order valence-corrected chi connectivity index (χ0v) is 21.8. The van der Waals surface area contributed by atoms with Crippen molar-refractivity contribution in [3.63, 3.8) is 0 Å². The number of ether oxygens (including phenoxy) is 1. The van der Waals surface area contributed by atoms with Crippen LogP contribution in [0.15, 0.2) is 18.2 Å². The number of hydrogen-bond acceptors (Lipinski definition) is 6. The molecule has 34 heavy (non-hydrogen) atoms. The van der Waals surface area contributed by atoms with Gasteiger partial charge in [-0.3, -0.25) is 9.52 Å². The molecule has 0 bridgehead atoms. The molecule has 0 unspecified atom stereocenters. The van der Waals surface area contributed by atoms with Crippen molar-refractivity contribution < 1.29 is 23.1 Å². The van der Waals surface area contributed by atoms with Crippen molar-refractivity contribution in [3.05, 3.63) is 23.8 Å². The first kappa shape index (κ1) is 26.8. The van der Waals surface area contributed by atoms with Crippen molar-refractivity contribution in [2.75, 3.05) is 44.3 Å². The first-order chi connectivity index (χ1) is 16.1. The molecule has 2 N–H and O–H groups in total. The number of anilines is 1. The van der Waals surface area contributed by atoms with Crippen LogP contribution in [0.3, 0.4) is 0 Å². The number of nitrogens with zero attached hydrogens (tertiary/aromatic N) is 2. The predicted molar refractivity (Wildman–Crippen MR) is 135 cm³/mol. The smallest absolute Gasteiger partial charge is 0.229 e. The Morgan fingerprint density at radius 3 is 2.59 bits per heavy atom. The molecule has 3 rings (SSSR count). The summed E-state index contributed by atoms with van der Waals surface area (Å²) in [4.78, 5) is 17.3. The number of likely N-dealkylation sites (N-methyl/N-ethyl adjacent to an activating group) is 1. The van der Waals surface area contributed by atoms with Gasteiger partial charge in [0.1, 0.15) is 11.9 Å². The molecule has 1 aliphatic carbocycles. The summed E-state index contributed by atoms with van der Waals surface area (Å²) in [6.07, 6.45) is 7.53. The highest BCUT2D eigenvalue weighted by Crippen LogP contribution is 2.30. The van der Waals surface area contributed by atoms with Crippen molar-refractivity contribution in [2.24, 2.45) is 11.8 Å². The third-order valence-corrected chi connectivity index (χ3v) is 7.61. The van der Waals surface area contributed by atoms with Gasteiger partial charge in [0.2, 0.25) is 15.9 Å². The summed E-state index contributed by atoms with van der Waals surface area (Å²) in [5.41, 5.74) is 1.04. The zero-order valence-electron chi connectivity index (χ0n) is 21.0. The second kappa shape index (κ2) is 11.7. The number of sulfonamides is 1. The van der Waals surface area contributed by atoms with E-state index in [1.165, 1.54) is 32.1 Å². The molecule has 0 aromatic heterocycles. The highest BCUT2D eigenvalue weighted by Gasteiger charge is 2.31. The molecule has 1 aliphatic heterocycles. The van der Waals surface area contributed by atoms with Crippen LogP contribution >= 0.6 is 0 Å². The Morgan fingerprint density at radius 2 is 1.94 bits per heavy atom. The second-order valence-electron chi connectivity index (χ2n) is 10.3. The molecule has 0 spiro atoms. The van der Waals surface area contributed by atoms with Crippen LogP contribution in [-0.2, 0) is 21.2 Å². The molecule has 9 heteroatoms. The fourth-order valence-corrected chi connectivity index (χ4v) is 5.67. The highest BCUT2D eigenvalue weighted by atomic mass is 32.2. The molecule has 1 aromatic carbocycles. The highest BCUT2D eigenvalue weighted by molar-refractivity contribution is 7.92. The third-order valence-electron chi connectivity index (χ3n) is 7.01. The molecular weight excluding hydrogens is 454 g/mol. The van der Waals surface area contributed by atoms with E-state index in [1.807, 2.05) is 6.92 Å². The van der Waals surface area contributed by atoms with Gasteiger partial charge in [0, 0.05) is 36.8 Å². The Morgan fingerprint density at radius 1 is 1.24 bits per heavy atom. The van der Waals surface area contributed by atoms with Crippen LogP contribution in [-0.4, -0.2) is 80.9 Å². The summed E-state index contributed by atoms with van der Waals surface area (Å²) >= 11 is 0. The van der Waals surface area contributed by atoms with Crippen LogP contribution in [0.2, 0.25) is 0 Å². The number of aliphatic hydroxyl groups excluding tert-OH is 1. The predicted octanol–water partition coefficient (Wildman–Crippen LogP) is 2.72. The van der Waals surface area contributed by atoms with Gasteiger partial charge < -0.3 is 19.6 Å². The molecule has 1 aromatic rings. The van der Waals surface area contributed by atoms with Crippen molar-refractivity contribution in [1.29, 1.82) is 0 Å². The van der Waals surface area contributed by atoms with Crippen molar-refractivity contribution in [2.45, 2.75) is 64.5 Å². The number of aliphatic hydroxyl groups is 1. The van der Waals surface area contributed by atoms with Gasteiger partial charge in [-0.15, -0.1) is 0 Å². The van der Waals surface area contributed by atoms with Crippen molar-refractivity contribution >= 4 is 21.6 Å². The first-order valence-electron chi connectivity index (χ1n) is 12.4. The number of benzene rings is 1. The zero-order chi connectivity index (χ0) is 24.9. The first-order valence-corrected chi connectivity index (χ1v) is 14.3. The minimum atomic E-state index is -3.44. The topological polar surface area (TPSA) is 99.2 Å². The van der Waals surface area contributed by atoms with Gasteiger partial charge in [-0.2, -0.15) is 0 Å². The van der Waals surface area contributed by atoms with E-state index >= 15 is 0 Å². The van der Waals surface area contributed by atoms with Gasteiger partial charge in [0.05, 0.1) is 25.3 Å². The fourth-order valence-electron chi connectivity index (χ4n) is 5.12. The summed E-state index contributed by atoms with van der Waals surface area (Å²) in [5.74, 6) is 1.26. The molecule has 2 aliphatic rings. The van der Waals surface area contributed by atoms with E-state index in [0.29, 0.717) is 23.5 Å². The number of hydrogen-bond donors (Lipinski definition) is 2. The lowest BCUT2D eigenvalue weighted by atomic mass is 9.89. The lowest BCUT2D eigenvalue weighted by Crippen LogP contribution is -2.48. The summed E-state index contributed by atoms with van der Waals surface area (Å²) in [6.45, 7) is 6.07. The number of amides is 1. The number of nitrogens with one attached hydrogen (secondary N) is 1. The molecule has 1 amide bonds. The maximum Gasteiger partial charge on any atom is 0.229 e. The lowest BCUT2D eigenvalue weighted by molar-refractivity contribution is -0.134. The van der Waals surface area contributed by atoms with E-state index < -0.39 is 10.0 Å². The Hall–Kier alpha value is -1.84. The number of carbonyl (C=O) groups excluding carboxylic acids is 1. The molecule has 1 heterocycles. The molecule has 8 nitrogen and oxygen atoms in total. The molecule has 0 saturated heterocycles. The number of carbonyl (C=O) groups is 1. The summed E-state index contributed by atoms with van der Waals surface area (Å²) in [5, 5.41) is 9.77. The minimum absolute atomic E-state index is 0.0477. The number of rotatable bonds is 8. The normalized spacial score (nSPS) is 23.5. The van der Waals surface area contributed by atoms with E-state index in [2.05, 4.69) is 23.6 Å². The van der Waals surface area contributed by atoms with Gasteiger partial charge >= 0.3 is 0 Å². The van der Waals surface area contributed by atoms with E-state index in [-0.39, 0.29) is 37.0 Å². The maximum absolute atomic E-state index is 13.2. The largest absolute Gasteiger partial charge is 0.488 e. The van der Waals surface area contributed by atoms with Crippen LogP contribution in [0.5, 0.6) is 5.75 Å². The van der Waals surface area contributed by atoms with Gasteiger partial charge in [0.15, 0.2) is 0 Å². The van der Waals surface area contributed by atoms with Gasteiger partial charge in [-0.1, -0.05) is 26.2 Å². The average Bonchev–Trinajstić information content (AvgIpc) is 2.81. The van der Waals surface area contributed by atoms with E-state index in [1.54, 1.807) is 23.1 Å². The van der Waals surface area contributed by atoms with Crippen LogP contribution in [0.25, 0.3) is 0 Å². The van der Waals surface area contributed by atoms with Gasteiger partial charge in [-0.05, 0) is 50.9 Å². The molecule has 192 valence electrons. The Balaban J connectivity index is 1.87. The van der Waals surface area contributed by atoms with Crippen LogP contribution in [0.4, 0.5) is 5.69 Å². The van der Waals surface area contributed by atoms with E-state index in [9.17, 15) is 18.3 Å². The van der Waals surface area contributed by atoms with Crippen LogP contribution in [0, 0.1) is 11.8 Å². The monoisotopic (exact) mass is 495 g/mol. The SMILES string of the molecule is C[C@@H]1CN([C@H](C)CO)C(=O)Cc2cc(NS(C)(=O)=O)ccc2O[C@H]1CN(C)CC1CCCCC1. The standard InChI is InChI=1S/C25H41N3O5S/c1-18-14-28(19(2)17-29)25(30)13-21-12-22(26-34(4,31)32)10-11-23(21)33-24(18)16-27(3)15-20-8-6-5-7-9-20/h10-12,18-20,24,26,29H,5-9,13-17H2,1-4H3/t18-,19-,24+/m1/s1. The molecule has 0 radical (unpaired) electrons. The van der Waals surface area contributed by atoms with Crippen LogP contribution < -0.4 is 9.46 Å². The van der Waals surface area contributed by atoms with Crippen LogP contribution in [0.1, 0.15) is 51.5 Å². The average molecular weight is 496 g/mol. The fraction of sp³-hybridized carbons (Fsp3) is 0.720. The molecule has 1 saturated carbocycles. The van der Waals surface area contributed by atoms with E-state index in [0.717, 1.165) is 25.3 Å². The second-order valence-corrected chi connectivity index (χ2v) is 12.1. The summed E-state index contributed by atoms with van der Waals surface area (Å²) in [6, 6.07) is 4.79. The van der Waals surface area contributed by atoms with Crippen molar-refractivity contribution in [1.82, 2.24) is 9.80 Å². The molecule has 1 fully saturated rings. The quantitative estimate of drug-likeness (QED) is 0.575. The molecule has 3 atom stereocenters. The minimum Gasteiger partial charge on any atom is -0.488 e. The van der Waals surface area contributed by atoms with Gasteiger partial charge in [-0.25, -0.2) is 8.42 Å². The van der Waals surface area contributed by atoms with E-state index in [4.69, 9.17) is 4.74 Å². The maximum atomic E-state index is 13.2. The summed E-state index contributed by atoms with van der Waals surface area (Å²) < 4.78 is 32.4. The number of fused-ring (bicyclic) bond motifs is 1. The van der Waals surface area contributed by atoms with Crippen molar-refractivity contribution in [3.8, 4) is 5.75 Å². The Labute approximate surface area is 204 Å². The Bertz CT molecular complexity index is 932. The third kappa shape index (κ3) is 7.58.